The largest absolute Gasteiger partial charge is 0.383 e. The zero-order valence-corrected chi connectivity index (χ0v) is 15.0. The summed E-state index contributed by atoms with van der Waals surface area (Å²) in [5.41, 5.74) is 0. The number of nitrogens with zero attached hydrogens (tertiary/aromatic N) is 2. The summed E-state index contributed by atoms with van der Waals surface area (Å²) in [7, 11) is 5.16. The SMILES string of the molecule is COCCNC(=NCC(=O)N(C)C)NC1CCCC(SC)C1. The maximum atomic E-state index is 11.7. The molecule has 0 aromatic carbocycles. The highest BCUT2D eigenvalue weighted by molar-refractivity contribution is 7.99. The molecule has 7 heteroatoms. The van der Waals surface area contributed by atoms with Gasteiger partial charge in [-0.05, 0) is 25.5 Å². The van der Waals surface area contributed by atoms with Crippen molar-refractivity contribution < 1.29 is 9.53 Å². The van der Waals surface area contributed by atoms with Gasteiger partial charge in [-0.2, -0.15) is 11.8 Å². The summed E-state index contributed by atoms with van der Waals surface area (Å²) in [4.78, 5) is 17.7. The molecule has 1 rings (SSSR count). The number of thioether (sulfide) groups is 1. The third kappa shape index (κ3) is 7.35. The molecular weight excluding hydrogens is 300 g/mol. The number of rotatable bonds is 7. The molecule has 6 nitrogen and oxygen atoms in total. The summed E-state index contributed by atoms with van der Waals surface area (Å²) in [6.07, 6.45) is 7.01. The number of ether oxygens (including phenoxy) is 1. The van der Waals surface area contributed by atoms with E-state index < -0.39 is 0 Å². The van der Waals surface area contributed by atoms with Crippen LogP contribution in [0.4, 0.5) is 0 Å². The Morgan fingerprint density at radius 3 is 2.82 bits per heavy atom. The second-order valence-electron chi connectivity index (χ2n) is 5.74. The smallest absolute Gasteiger partial charge is 0.243 e. The Bertz CT molecular complexity index is 363. The molecule has 0 aliphatic heterocycles. The van der Waals surface area contributed by atoms with Gasteiger partial charge >= 0.3 is 0 Å². The number of nitrogens with one attached hydrogen (secondary N) is 2. The highest BCUT2D eigenvalue weighted by Gasteiger charge is 2.22. The molecule has 0 bridgehead atoms. The first-order chi connectivity index (χ1) is 10.6. The highest BCUT2D eigenvalue weighted by Crippen LogP contribution is 2.26. The van der Waals surface area contributed by atoms with Crippen molar-refractivity contribution in [3.05, 3.63) is 0 Å². The molecule has 0 heterocycles. The first kappa shape index (κ1) is 19.1. The normalized spacial score (nSPS) is 22.3. The van der Waals surface area contributed by atoms with Crippen LogP contribution in [0.5, 0.6) is 0 Å². The molecule has 1 amide bonds. The molecule has 2 unspecified atom stereocenters. The lowest BCUT2D eigenvalue weighted by Crippen LogP contribution is -2.47. The fraction of sp³-hybridized carbons (Fsp3) is 0.867. The van der Waals surface area contributed by atoms with Crippen LogP contribution >= 0.6 is 11.8 Å². The van der Waals surface area contributed by atoms with Crippen LogP contribution in [0.2, 0.25) is 0 Å². The Morgan fingerprint density at radius 1 is 1.41 bits per heavy atom. The van der Waals surface area contributed by atoms with Crippen LogP contribution in [0, 0.1) is 0 Å². The lowest BCUT2D eigenvalue weighted by Gasteiger charge is -2.30. The van der Waals surface area contributed by atoms with Crippen LogP contribution in [-0.4, -0.2) is 75.2 Å². The van der Waals surface area contributed by atoms with Gasteiger partial charge in [0.15, 0.2) is 5.96 Å². The Balaban J connectivity index is 2.56. The van der Waals surface area contributed by atoms with Gasteiger partial charge in [0.05, 0.1) is 6.61 Å². The minimum atomic E-state index is -0.00141. The molecule has 1 saturated carbocycles. The van der Waals surface area contributed by atoms with Gasteiger partial charge in [0.1, 0.15) is 6.54 Å². The third-order valence-electron chi connectivity index (χ3n) is 3.77. The Hall–Kier alpha value is -0.950. The molecule has 128 valence electrons. The molecule has 1 aliphatic carbocycles. The predicted octanol–water partition coefficient (Wildman–Crippen LogP) is 0.930. The maximum absolute atomic E-state index is 11.7. The number of carbonyl (C=O) groups is 1. The highest BCUT2D eigenvalue weighted by atomic mass is 32.2. The van der Waals surface area contributed by atoms with Crippen molar-refractivity contribution in [2.45, 2.75) is 37.0 Å². The van der Waals surface area contributed by atoms with Crippen LogP contribution in [0.1, 0.15) is 25.7 Å². The van der Waals surface area contributed by atoms with Crippen molar-refractivity contribution in [2.75, 3.05) is 47.2 Å². The van der Waals surface area contributed by atoms with Gasteiger partial charge < -0.3 is 20.3 Å². The summed E-state index contributed by atoms with van der Waals surface area (Å²) < 4.78 is 5.06. The first-order valence-corrected chi connectivity index (χ1v) is 9.12. The number of hydrogen-bond donors (Lipinski definition) is 2. The van der Waals surface area contributed by atoms with Crippen LogP contribution < -0.4 is 10.6 Å². The Morgan fingerprint density at radius 2 is 2.18 bits per heavy atom. The van der Waals surface area contributed by atoms with Gasteiger partial charge in [0, 0.05) is 39.0 Å². The molecule has 1 aliphatic rings. The van der Waals surface area contributed by atoms with E-state index in [1.165, 1.54) is 12.8 Å². The van der Waals surface area contributed by atoms with Crippen molar-refractivity contribution in [1.29, 1.82) is 0 Å². The second-order valence-corrected chi connectivity index (χ2v) is 6.88. The van der Waals surface area contributed by atoms with E-state index in [-0.39, 0.29) is 12.5 Å². The van der Waals surface area contributed by atoms with Crippen molar-refractivity contribution in [3.8, 4) is 0 Å². The minimum Gasteiger partial charge on any atom is -0.383 e. The van der Waals surface area contributed by atoms with E-state index in [2.05, 4.69) is 21.9 Å². The second kappa shape index (κ2) is 10.7. The van der Waals surface area contributed by atoms with Gasteiger partial charge in [-0.3, -0.25) is 4.79 Å². The van der Waals surface area contributed by atoms with Gasteiger partial charge in [-0.15, -0.1) is 0 Å². The molecule has 1 fully saturated rings. The third-order valence-corrected chi connectivity index (χ3v) is 4.86. The lowest BCUT2D eigenvalue weighted by atomic mass is 9.95. The lowest BCUT2D eigenvalue weighted by molar-refractivity contribution is -0.127. The van der Waals surface area contributed by atoms with E-state index in [4.69, 9.17) is 4.74 Å². The Kier molecular flexibility index (Phi) is 9.31. The van der Waals surface area contributed by atoms with E-state index >= 15 is 0 Å². The Labute approximate surface area is 138 Å². The van der Waals surface area contributed by atoms with E-state index in [1.807, 2.05) is 11.8 Å². The van der Waals surface area contributed by atoms with E-state index in [9.17, 15) is 4.79 Å². The molecule has 22 heavy (non-hydrogen) atoms. The van der Waals surface area contributed by atoms with Crippen molar-refractivity contribution in [1.82, 2.24) is 15.5 Å². The number of carbonyl (C=O) groups excluding carboxylic acids is 1. The van der Waals surface area contributed by atoms with Crippen LogP contribution in [0.3, 0.4) is 0 Å². The van der Waals surface area contributed by atoms with Gasteiger partial charge in [-0.25, -0.2) is 4.99 Å². The quantitative estimate of drug-likeness (QED) is 0.413. The fourth-order valence-electron chi connectivity index (χ4n) is 2.40. The molecular formula is C15H30N4O2S. The number of hydrogen-bond acceptors (Lipinski definition) is 4. The van der Waals surface area contributed by atoms with E-state index in [0.29, 0.717) is 25.2 Å². The summed E-state index contributed by atoms with van der Waals surface area (Å²) in [5, 5.41) is 7.42. The number of likely N-dealkylation sites (N-methyl/N-ethyl adjacent to an activating group) is 1. The monoisotopic (exact) mass is 330 g/mol. The molecule has 0 saturated heterocycles. The van der Waals surface area contributed by atoms with Crippen LogP contribution in [0.25, 0.3) is 0 Å². The summed E-state index contributed by atoms with van der Waals surface area (Å²) in [6.45, 7) is 1.45. The number of methoxy groups -OCH3 is 1. The zero-order valence-electron chi connectivity index (χ0n) is 14.2. The topological polar surface area (TPSA) is 66.0 Å². The summed E-state index contributed by atoms with van der Waals surface area (Å²) in [6, 6.07) is 0.425. The van der Waals surface area contributed by atoms with Gasteiger partial charge in [0.2, 0.25) is 5.91 Å². The predicted molar refractivity (Wildman–Crippen MR) is 93.6 cm³/mol. The number of amides is 1. The van der Waals surface area contributed by atoms with Crippen molar-refractivity contribution >= 4 is 23.6 Å². The molecule has 0 spiro atoms. The number of guanidine groups is 1. The average Bonchev–Trinajstić information content (AvgIpc) is 2.52. The zero-order chi connectivity index (χ0) is 16.4. The maximum Gasteiger partial charge on any atom is 0.243 e. The fourth-order valence-corrected chi connectivity index (χ4v) is 3.22. The summed E-state index contributed by atoms with van der Waals surface area (Å²) in [5.74, 6) is 0.706. The van der Waals surface area contributed by atoms with Gasteiger partial charge in [-0.1, -0.05) is 6.42 Å². The number of aliphatic imine (C=N–C) groups is 1. The van der Waals surface area contributed by atoms with E-state index in [1.54, 1.807) is 26.1 Å². The molecule has 0 radical (unpaired) electrons. The molecule has 2 N–H and O–H groups in total. The molecule has 0 aromatic heterocycles. The first-order valence-electron chi connectivity index (χ1n) is 7.83. The van der Waals surface area contributed by atoms with Crippen LogP contribution in [-0.2, 0) is 9.53 Å². The van der Waals surface area contributed by atoms with E-state index in [0.717, 1.165) is 18.1 Å². The summed E-state index contributed by atoms with van der Waals surface area (Å²) >= 11 is 1.94. The molecule has 2 atom stereocenters. The average molecular weight is 330 g/mol. The van der Waals surface area contributed by atoms with Crippen molar-refractivity contribution in [2.24, 2.45) is 4.99 Å². The standard InChI is InChI=1S/C15H30N4O2S/c1-19(2)14(20)11-17-15(16-8-9-21-3)18-12-6-5-7-13(10-12)22-4/h12-13H,5-11H2,1-4H3,(H2,16,17,18). The van der Waals surface area contributed by atoms with Crippen molar-refractivity contribution in [3.63, 3.8) is 0 Å². The minimum absolute atomic E-state index is 0.00141. The van der Waals surface area contributed by atoms with Gasteiger partial charge in [0.25, 0.3) is 0 Å². The molecule has 0 aromatic rings. The van der Waals surface area contributed by atoms with Crippen LogP contribution in [0.15, 0.2) is 4.99 Å².